The molecule has 0 spiro atoms. The van der Waals surface area contributed by atoms with Crippen LogP contribution in [0, 0.1) is 0 Å². The van der Waals surface area contributed by atoms with E-state index in [4.69, 9.17) is 5.11 Å². The summed E-state index contributed by atoms with van der Waals surface area (Å²) in [6.07, 6.45) is 1.27. The highest BCUT2D eigenvalue weighted by Crippen LogP contribution is 2.17. The minimum atomic E-state index is -0.824. The quantitative estimate of drug-likeness (QED) is 0.669. The Labute approximate surface area is 111 Å². The molecule has 1 heterocycles. The second kappa shape index (κ2) is 6.31. The highest BCUT2D eigenvalue weighted by Gasteiger charge is 2.20. The molecule has 3 N–H and O–H groups in total. The summed E-state index contributed by atoms with van der Waals surface area (Å²) in [5.41, 5.74) is -0.187. The number of aromatic nitrogens is 3. The molecule has 0 radical (unpaired) electrons. The molecule has 1 rings (SSSR count). The Morgan fingerprint density at radius 2 is 2.00 bits per heavy atom. The van der Waals surface area contributed by atoms with Gasteiger partial charge in [0.25, 0.3) is 5.91 Å². The number of H-pyrrole nitrogens is 1. The molecule has 0 fully saturated rings. The molecule has 106 valence electrons. The van der Waals surface area contributed by atoms with Gasteiger partial charge in [-0.25, -0.2) is 4.98 Å². The molecule has 0 aliphatic rings. The third kappa shape index (κ3) is 5.07. The van der Waals surface area contributed by atoms with Crippen molar-refractivity contribution in [2.45, 2.75) is 45.4 Å². The Kier molecular flexibility index (Phi) is 5.02. The van der Waals surface area contributed by atoms with Crippen LogP contribution in [0.25, 0.3) is 0 Å². The number of hydrogen-bond donors (Lipinski definition) is 3. The summed E-state index contributed by atoms with van der Waals surface area (Å²) in [4.78, 5) is 26.1. The molecule has 7 heteroatoms. The average Bonchev–Trinajstić information content (AvgIpc) is 2.76. The number of carbonyl (C=O) groups excluding carboxylic acids is 1. The standard InChI is InChI=1S/C12H20N4O3/c1-12(2,3)11-14-9(15-16-11)10(19)13-7-5-4-6-8(17)18/h4-7H2,1-3H3,(H,13,19)(H,17,18)(H,14,15,16). The second-order valence-electron chi connectivity index (χ2n) is 5.36. The molecule has 0 bridgehead atoms. The van der Waals surface area contributed by atoms with Crippen molar-refractivity contribution in [1.29, 1.82) is 0 Å². The van der Waals surface area contributed by atoms with Crippen LogP contribution in [-0.2, 0) is 10.2 Å². The minimum absolute atomic E-state index is 0.114. The van der Waals surface area contributed by atoms with Crippen molar-refractivity contribution in [3.8, 4) is 0 Å². The Morgan fingerprint density at radius 1 is 1.32 bits per heavy atom. The van der Waals surface area contributed by atoms with Gasteiger partial charge in [0.1, 0.15) is 5.82 Å². The monoisotopic (exact) mass is 268 g/mol. The maximum atomic E-state index is 11.7. The van der Waals surface area contributed by atoms with Gasteiger partial charge in [0.05, 0.1) is 0 Å². The van der Waals surface area contributed by atoms with Crippen molar-refractivity contribution in [2.24, 2.45) is 0 Å². The molecule has 0 aromatic carbocycles. The lowest BCUT2D eigenvalue weighted by atomic mass is 9.96. The number of carbonyl (C=O) groups is 2. The first-order valence-corrected chi connectivity index (χ1v) is 6.23. The fraction of sp³-hybridized carbons (Fsp3) is 0.667. The van der Waals surface area contributed by atoms with Crippen molar-refractivity contribution >= 4 is 11.9 Å². The van der Waals surface area contributed by atoms with Crippen LogP contribution in [0.2, 0.25) is 0 Å². The van der Waals surface area contributed by atoms with E-state index >= 15 is 0 Å². The van der Waals surface area contributed by atoms with E-state index in [9.17, 15) is 9.59 Å². The second-order valence-corrected chi connectivity index (χ2v) is 5.36. The summed E-state index contributed by atoms with van der Waals surface area (Å²) in [5.74, 6) is -0.399. The van der Waals surface area contributed by atoms with E-state index in [2.05, 4.69) is 20.5 Å². The number of rotatable bonds is 6. The maximum absolute atomic E-state index is 11.7. The van der Waals surface area contributed by atoms with Gasteiger partial charge >= 0.3 is 5.97 Å². The molecule has 7 nitrogen and oxygen atoms in total. The number of hydrogen-bond acceptors (Lipinski definition) is 4. The van der Waals surface area contributed by atoms with Gasteiger partial charge in [-0.2, -0.15) is 0 Å². The number of aromatic amines is 1. The van der Waals surface area contributed by atoms with Gasteiger partial charge in [0.2, 0.25) is 5.82 Å². The van der Waals surface area contributed by atoms with Crippen molar-refractivity contribution in [1.82, 2.24) is 20.5 Å². The summed E-state index contributed by atoms with van der Waals surface area (Å²) >= 11 is 0. The van der Waals surface area contributed by atoms with E-state index in [1.807, 2.05) is 20.8 Å². The van der Waals surface area contributed by atoms with Crippen LogP contribution < -0.4 is 5.32 Å². The van der Waals surface area contributed by atoms with E-state index in [1.165, 1.54) is 0 Å². The molecule has 0 unspecified atom stereocenters. The normalized spacial score (nSPS) is 11.3. The predicted molar refractivity (Wildman–Crippen MR) is 68.9 cm³/mol. The molecule has 1 amide bonds. The van der Waals surface area contributed by atoms with Crippen LogP contribution in [0.5, 0.6) is 0 Å². The predicted octanol–water partition coefficient (Wildman–Crippen LogP) is 1.09. The molecular formula is C12H20N4O3. The number of carboxylic acid groups (broad SMARTS) is 1. The van der Waals surface area contributed by atoms with E-state index in [0.29, 0.717) is 25.2 Å². The lowest BCUT2D eigenvalue weighted by Gasteiger charge is -2.12. The molecule has 0 aliphatic carbocycles. The van der Waals surface area contributed by atoms with E-state index < -0.39 is 5.97 Å². The van der Waals surface area contributed by atoms with E-state index in [1.54, 1.807) is 0 Å². The SMILES string of the molecule is CC(C)(C)c1nc(C(=O)NCCCCC(=O)O)n[nH]1. The fourth-order valence-corrected chi connectivity index (χ4v) is 1.38. The van der Waals surface area contributed by atoms with Crippen molar-refractivity contribution in [3.05, 3.63) is 11.6 Å². The zero-order chi connectivity index (χ0) is 14.5. The fourth-order valence-electron chi connectivity index (χ4n) is 1.38. The first-order chi connectivity index (χ1) is 8.80. The number of carboxylic acids is 1. The lowest BCUT2D eigenvalue weighted by molar-refractivity contribution is -0.137. The molecule has 1 aromatic heterocycles. The van der Waals surface area contributed by atoms with Gasteiger partial charge in [-0.05, 0) is 12.8 Å². The molecule has 19 heavy (non-hydrogen) atoms. The van der Waals surface area contributed by atoms with Gasteiger partial charge in [0, 0.05) is 18.4 Å². The maximum Gasteiger partial charge on any atom is 0.303 e. The number of nitrogens with one attached hydrogen (secondary N) is 2. The van der Waals surface area contributed by atoms with Gasteiger partial charge in [0.15, 0.2) is 0 Å². The van der Waals surface area contributed by atoms with Crippen molar-refractivity contribution in [3.63, 3.8) is 0 Å². The number of amides is 1. The van der Waals surface area contributed by atoms with Crippen molar-refractivity contribution < 1.29 is 14.7 Å². The lowest BCUT2D eigenvalue weighted by Crippen LogP contribution is -2.26. The number of aliphatic carboxylic acids is 1. The number of nitrogens with zero attached hydrogens (tertiary/aromatic N) is 2. The van der Waals surface area contributed by atoms with Crippen LogP contribution in [0.3, 0.4) is 0 Å². The molecule has 0 saturated heterocycles. The van der Waals surface area contributed by atoms with Crippen LogP contribution >= 0.6 is 0 Å². The Bertz CT molecular complexity index is 448. The molecule has 0 atom stereocenters. The van der Waals surface area contributed by atoms with Crippen molar-refractivity contribution in [2.75, 3.05) is 6.54 Å². The largest absolute Gasteiger partial charge is 0.481 e. The molecular weight excluding hydrogens is 248 g/mol. The van der Waals surface area contributed by atoms with Gasteiger partial charge in [-0.1, -0.05) is 20.8 Å². The Morgan fingerprint density at radius 3 is 2.53 bits per heavy atom. The number of unbranched alkanes of at least 4 members (excludes halogenated alkanes) is 1. The van der Waals surface area contributed by atoms with Gasteiger partial charge < -0.3 is 10.4 Å². The first kappa shape index (κ1) is 15.1. The van der Waals surface area contributed by atoms with E-state index in [-0.39, 0.29) is 23.6 Å². The molecule has 0 saturated carbocycles. The summed E-state index contributed by atoms with van der Waals surface area (Å²) < 4.78 is 0. The Hall–Kier alpha value is -1.92. The smallest absolute Gasteiger partial charge is 0.303 e. The summed E-state index contributed by atoms with van der Waals surface area (Å²) in [5, 5.41) is 17.7. The third-order valence-electron chi connectivity index (χ3n) is 2.50. The van der Waals surface area contributed by atoms with Crippen LogP contribution in [-0.4, -0.2) is 38.7 Å². The molecule has 0 aliphatic heterocycles. The highest BCUT2D eigenvalue weighted by atomic mass is 16.4. The topological polar surface area (TPSA) is 108 Å². The highest BCUT2D eigenvalue weighted by molar-refractivity contribution is 5.90. The zero-order valence-corrected chi connectivity index (χ0v) is 11.5. The van der Waals surface area contributed by atoms with Gasteiger partial charge in [-0.15, -0.1) is 5.10 Å². The van der Waals surface area contributed by atoms with Crippen LogP contribution in [0.4, 0.5) is 0 Å². The first-order valence-electron chi connectivity index (χ1n) is 6.23. The zero-order valence-electron chi connectivity index (χ0n) is 11.5. The molecule has 1 aromatic rings. The third-order valence-corrected chi connectivity index (χ3v) is 2.50. The van der Waals surface area contributed by atoms with Crippen LogP contribution in [0.1, 0.15) is 56.5 Å². The van der Waals surface area contributed by atoms with Gasteiger partial charge in [-0.3, -0.25) is 14.7 Å². The minimum Gasteiger partial charge on any atom is -0.481 e. The summed E-state index contributed by atoms with van der Waals surface area (Å²) in [7, 11) is 0. The average molecular weight is 268 g/mol. The summed E-state index contributed by atoms with van der Waals surface area (Å²) in [6.45, 7) is 6.34. The van der Waals surface area contributed by atoms with Crippen LogP contribution in [0.15, 0.2) is 0 Å². The van der Waals surface area contributed by atoms with E-state index in [0.717, 1.165) is 0 Å². The Balaban J connectivity index is 2.38. The summed E-state index contributed by atoms with van der Waals surface area (Å²) in [6, 6.07) is 0.